The van der Waals surface area contributed by atoms with Crippen molar-refractivity contribution in [1.29, 1.82) is 0 Å². The summed E-state index contributed by atoms with van der Waals surface area (Å²) in [6.45, 7) is 8.98. The predicted molar refractivity (Wildman–Crippen MR) is 132 cm³/mol. The molecule has 3 aromatic rings. The fourth-order valence-electron chi connectivity index (χ4n) is 3.54. The van der Waals surface area contributed by atoms with Gasteiger partial charge in [0.15, 0.2) is 0 Å². The van der Waals surface area contributed by atoms with Crippen LogP contribution >= 0.6 is 10.3 Å². The normalized spacial score (nSPS) is 11.5. The van der Waals surface area contributed by atoms with Gasteiger partial charge in [-0.05, 0) is 45.0 Å². The van der Waals surface area contributed by atoms with Crippen LogP contribution in [0, 0.1) is 0 Å². The van der Waals surface area contributed by atoms with Crippen LogP contribution in [0.1, 0.15) is 34.1 Å². The highest BCUT2D eigenvalue weighted by Gasteiger charge is 2.41. The fraction of sp³-hybridized carbons (Fsp3) is 0.296. The molecule has 0 N–H and O–H groups in total. The summed E-state index contributed by atoms with van der Waals surface area (Å²) < 4.78 is 24.6. The molecule has 176 valence electrons. The first kappa shape index (κ1) is 24.5. The summed E-state index contributed by atoms with van der Waals surface area (Å²) in [6, 6.07) is 23.4. The number of carbonyl (C=O) groups is 1. The molecule has 5 nitrogen and oxygen atoms in total. The molecule has 33 heavy (non-hydrogen) atoms. The molecule has 0 heterocycles. The Morgan fingerprint density at radius 1 is 0.697 bits per heavy atom. The molecule has 0 aromatic heterocycles. The standard InChI is InChI=1S/C27H32O5S/c1-5-26(28)32-33(22-15-11-9-12-16-22,23-17-13-10-14-18-23)27-24(30-7-3)19-21(29-6-2)20-25(27)31-8-4/h9-20H,5-8H2,1-4H3. The zero-order chi connectivity index (χ0) is 23.7. The summed E-state index contributed by atoms with van der Waals surface area (Å²) in [5, 5.41) is 0. The largest absolute Gasteiger partial charge is 0.494 e. The Kier molecular flexibility index (Phi) is 8.66. The lowest BCUT2D eigenvalue weighted by Gasteiger charge is -2.41. The van der Waals surface area contributed by atoms with Gasteiger partial charge in [-0.3, -0.25) is 4.79 Å². The van der Waals surface area contributed by atoms with Crippen LogP contribution in [0.3, 0.4) is 0 Å². The van der Waals surface area contributed by atoms with E-state index in [0.717, 1.165) is 9.79 Å². The molecule has 0 aliphatic heterocycles. The lowest BCUT2D eigenvalue weighted by Crippen LogP contribution is -2.15. The third kappa shape index (κ3) is 5.28. The molecule has 0 atom stereocenters. The first-order chi connectivity index (χ1) is 16.1. The van der Waals surface area contributed by atoms with E-state index in [2.05, 4.69) is 0 Å². The van der Waals surface area contributed by atoms with Crippen LogP contribution in [-0.2, 0) is 8.98 Å². The Morgan fingerprint density at radius 2 is 1.15 bits per heavy atom. The molecule has 0 fully saturated rings. The van der Waals surface area contributed by atoms with Crippen LogP contribution in [0.5, 0.6) is 17.2 Å². The second-order valence-electron chi connectivity index (χ2n) is 7.04. The number of rotatable bonds is 11. The molecule has 0 unspecified atom stereocenters. The minimum atomic E-state index is -2.54. The number of hydrogen-bond donors (Lipinski definition) is 0. The van der Waals surface area contributed by atoms with E-state index in [0.29, 0.717) is 42.0 Å². The molecule has 0 radical (unpaired) electrons. The summed E-state index contributed by atoms with van der Waals surface area (Å²) in [5.41, 5.74) is 0. The van der Waals surface area contributed by atoms with Crippen LogP contribution in [0.2, 0.25) is 0 Å². The lowest BCUT2D eigenvalue weighted by molar-refractivity contribution is -0.133. The van der Waals surface area contributed by atoms with E-state index in [1.807, 2.05) is 93.6 Å². The van der Waals surface area contributed by atoms with Gasteiger partial charge in [-0.15, -0.1) is 0 Å². The van der Waals surface area contributed by atoms with Crippen molar-refractivity contribution in [2.24, 2.45) is 0 Å². The van der Waals surface area contributed by atoms with Gasteiger partial charge in [0.05, 0.1) is 19.8 Å². The second kappa shape index (κ2) is 11.7. The maximum Gasteiger partial charge on any atom is 0.316 e. The van der Waals surface area contributed by atoms with Gasteiger partial charge in [-0.25, -0.2) is 0 Å². The predicted octanol–water partition coefficient (Wildman–Crippen LogP) is 7.03. The molecule has 0 saturated heterocycles. The third-order valence-electron chi connectivity index (χ3n) is 4.85. The van der Waals surface area contributed by atoms with Gasteiger partial charge in [0.1, 0.15) is 22.1 Å². The van der Waals surface area contributed by atoms with E-state index in [-0.39, 0.29) is 12.4 Å². The van der Waals surface area contributed by atoms with Crippen molar-refractivity contribution in [3.05, 3.63) is 72.8 Å². The molecule has 6 heteroatoms. The number of hydrogen-bond acceptors (Lipinski definition) is 5. The Balaban J connectivity index is 2.47. The quantitative estimate of drug-likeness (QED) is 0.302. The highest BCUT2D eigenvalue weighted by Crippen LogP contribution is 2.73. The van der Waals surface area contributed by atoms with Crippen molar-refractivity contribution >= 4 is 16.3 Å². The summed E-state index contributed by atoms with van der Waals surface area (Å²) in [6.07, 6.45) is 0.249. The number of benzene rings is 3. The van der Waals surface area contributed by atoms with Gasteiger partial charge in [-0.1, -0.05) is 43.3 Å². The molecular formula is C27H32O5S. The van der Waals surface area contributed by atoms with Crippen molar-refractivity contribution in [1.82, 2.24) is 0 Å². The topological polar surface area (TPSA) is 54.0 Å². The van der Waals surface area contributed by atoms with E-state index >= 15 is 0 Å². The Labute approximate surface area is 198 Å². The first-order valence-electron chi connectivity index (χ1n) is 11.3. The third-order valence-corrected chi connectivity index (χ3v) is 8.13. The monoisotopic (exact) mass is 468 g/mol. The van der Waals surface area contributed by atoms with Gasteiger partial charge in [0.25, 0.3) is 0 Å². The Bertz CT molecular complexity index is 970. The van der Waals surface area contributed by atoms with Crippen molar-refractivity contribution < 1.29 is 23.2 Å². The SMILES string of the molecule is CCOc1cc(OCC)c(S(OC(=O)CC)(c2ccccc2)c2ccccc2)c(OCC)c1. The average Bonchev–Trinajstić information content (AvgIpc) is 2.84. The summed E-state index contributed by atoms with van der Waals surface area (Å²) in [4.78, 5) is 15.4. The molecule has 0 amide bonds. The summed E-state index contributed by atoms with van der Waals surface area (Å²) >= 11 is 0. The maximum absolute atomic E-state index is 12.9. The minimum Gasteiger partial charge on any atom is -0.494 e. The van der Waals surface area contributed by atoms with E-state index < -0.39 is 10.3 Å². The van der Waals surface area contributed by atoms with Gasteiger partial charge < -0.3 is 18.4 Å². The van der Waals surface area contributed by atoms with Crippen molar-refractivity contribution in [3.63, 3.8) is 0 Å². The van der Waals surface area contributed by atoms with Crippen LogP contribution < -0.4 is 14.2 Å². The maximum atomic E-state index is 12.9. The van der Waals surface area contributed by atoms with Crippen LogP contribution in [0.15, 0.2) is 87.5 Å². The first-order valence-corrected chi connectivity index (χ1v) is 12.9. The van der Waals surface area contributed by atoms with Gasteiger partial charge in [-0.2, -0.15) is 0 Å². The molecule has 0 saturated carbocycles. The summed E-state index contributed by atoms with van der Waals surface area (Å²) in [7, 11) is -2.54. The van der Waals surface area contributed by atoms with E-state index in [9.17, 15) is 4.79 Å². The zero-order valence-corrected chi connectivity index (χ0v) is 20.5. The zero-order valence-electron chi connectivity index (χ0n) is 19.7. The molecule has 0 aliphatic rings. The van der Waals surface area contributed by atoms with E-state index in [1.165, 1.54) is 0 Å². The van der Waals surface area contributed by atoms with E-state index in [4.69, 9.17) is 18.4 Å². The average molecular weight is 469 g/mol. The molecule has 0 spiro atoms. The molecule has 0 bridgehead atoms. The lowest BCUT2D eigenvalue weighted by atomic mass is 10.3. The smallest absolute Gasteiger partial charge is 0.316 e. The fourth-order valence-corrected chi connectivity index (χ4v) is 6.84. The number of ether oxygens (including phenoxy) is 3. The van der Waals surface area contributed by atoms with Crippen LogP contribution in [0.25, 0.3) is 0 Å². The van der Waals surface area contributed by atoms with Crippen molar-refractivity contribution in [2.75, 3.05) is 19.8 Å². The van der Waals surface area contributed by atoms with Crippen molar-refractivity contribution in [2.45, 2.75) is 48.8 Å². The van der Waals surface area contributed by atoms with Crippen LogP contribution in [0.4, 0.5) is 0 Å². The highest BCUT2D eigenvalue weighted by atomic mass is 32.3. The number of carbonyl (C=O) groups excluding carboxylic acids is 1. The van der Waals surface area contributed by atoms with E-state index in [1.54, 1.807) is 6.92 Å². The van der Waals surface area contributed by atoms with Gasteiger partial charge >= 0.3 is 5.97 Å². The highest BCUT2D eigenvalue weighted by molar-refractivity contribution is 8.30. The van der Waals surface area contributed by atoms with Crippen LogP contribution in [-0.4, -0.2) is 25.8 Å². The van der Waals surface area contributed by atoms with Crippen molar-refractivity contribution in [3.8, 4) is 17.2 Å². The van der Waals surface area contributed by atoms with Gasteiger partial charge in [0.2, 0.25) is 0 Å². The second-order valence-corrected chi connectivity index (χ2v) is 9.67. The Hall–Kier alpha value is -3.12. The molecule has 3 aromatic carbocycles. The Morgan fingerprint density at radius 3 is 1.55 bits per heavy atom. The summed E-state index contributed by atoms with van der Waals surface area (Å²) in [5.74, 6) is 1.51. The minimum absolute atomic E-state index is 0.249. The van der Waals surface area contributed by atoms with Gasteiger partial charge in [0, 0.05) is 38.7 Å². The molecule has 3 rings (SSSR count). The molecular weight excluding hydrogens is 436 g/mol. The molecule has 0 aliphatic carbocycles.